The minimum atomic E-state index is -3.83. The van der Waals surface area contributed by atoms with Crippen molar-refractivity contribution in [2.45, 2.75) is 4.90 Å². The second kappa shape index (κ2) is 5.72. The third-order valence-electron chi connectivity index (χ3n) is 3.77. The number of sulfonamides is 1. The molecule has 0 aromatic heterocycles. The van der Waals surface area contributed by atoms with Crippen molar-refractivity contribution in [3.63, 3.8) is 0 Å². The summed E-state index contributed by atoms with van der Waals surface area (Å²) in [5, 5.41) is 1.98. The van der Waals surface area contributed by atoms with E-state index in [0.29, 0.717) is 30.4 Å². The van der Waals surface area contributed by atoms with Crippen LogP contribution in [0, 0.1) is 0 Å². The van der Waals surface area contributed by atoms with Crippen molar-refractivity contribution in [1.29, 1.82) is 0 Å². The number of ether oxygens (including phenoxy) is 2. The first kappa shape index (κ1) is 14.8. The summed E-state index contributed by atoms with van der Waals surface area (Å²) in [7, 11) is -3.83. The largest absolute Gasteiger partial charge is 0.573 e. The summed E-state index contributed by atoms with van der Waals surface area (Å²) in [6.45, 7) is 0.860. The van der Waals surface area contributed by atoms with E-state index in [1.165, 1.54) is 12.1 Å². The molecule has 122 valence electrons. The van der Waals surface area contributed by atoms with Crippen LogP contribution in [0.1, 0.15) is 0 Å². The fourth-order valence-corrected chi connectivity index (χ4v) is 3.60. The third kappa shape index (κ3) is 2.76. The van der Waals surface area contributed by atoms with Crippen LogP contribution in [-0.4, -0.2) is 21.6 Å². The van der Waals surface area contributed by atoms with E-state index in [-0.39, 0.29) is 4.90 Å². The van der Waals surface area contributed by atoms with Crippen LogP contribution in [0.5, 0.6) is 11.5 Å². The molecule has 0 unspecified atom stereocenters. The number of hydrogen-bond acceptors (Lipinski definition) is 4. The molecular weight excluding hydrogens is 326 g/mol. The summed E-state index contributed by atoms with van der Waals surface area (Å²) in [6.07, 6.45) is 0. The molecule has 24 heavy (non-hydrogen) atoms. The Labute approximate surface area is 139 Å². The fraction of sp³-hybridized carbons (Fsp3) is 0.111. The van der Waals surface area contributed by atoms with E-state index in [1.54, 1.807) is 18.2 Å². The van der Waals surface area contributed by atoms with Crippen LogP contribution < -0.4 is 9.47 Å². The molecule has 3 aromatic carbocycles. The summed E-state index contributed by atoms with van der Waals surface area (Å²) in [4.78, 5) is 0.0832. The standard InChI is InChI=1S/C18H14NO4S/c20-24(21,16-7-8-17-18(12-16)23-10-9-22-17)19-15-6-5-13-3-1-2-4-14(13)11-15/h1-8,11-12H,9-10H2/q-1. The van der Waals surface area contributed by atoms with Crippen molar-refractivity contribution < 1.29 is 17.9 Å². The summed E-state index contributed by atoms with van der Waals surface area (Å²) in [5.41, 5.74) is 0.392. The average Bonchev–Trinajstić information content (AvgIpc) is 2.61. The molecule has 6 heteroatoms. The van der Waals surface area contributed by atoms with Gasteiger partial charge in [-0.25, -0.2) is 8.42 Å². The van der Waals surface area contributed by atoms with Crippen molar-refractivity contribution in [3.8, 4) is 11.5 Å². The lowest BCUT2D eigenvalue weighted by atomic mass is 10.1. The van der Waals surface area contributed by atoms with Crippen LogP contribution in [0.25, 0.3) is 15.5 Å². The Morgan fingerprint density at radius 1 is 0.792 bits per heavy atom. The Morgan fingerprint density at radius 2 is 1.54 bits per heavy atom. The van der Waals surface area contributed by atoms with Gasteiger partial charge < -0.3 is 14.2 Å². The van der Waals surface area contributed by atoms with E-state index >= 15 is 0 Å². The monoisotopic (exact) mass is 340 g/mol. The zero-order valence-electron chi connectivity index (χ0n) is 12.7. The van der Waals surface area contributed by atoms with E-state index in [1.807, 2.05) is 30.3 Å². The number of rotatable bonds is 3. The molecule has 0 bridgehead atoms. The van der Waals surface area contributed by atoms with Crippen LogP contribution in [-0.2, 0) is 10.0 Å². The molecule has 4 rings (SSSR count). The van der Waals surface area contributed by atoms with Gasteiger partial charge in [-0.05, 0) is 22.9 Å². The average molecular weight is 340 g/mol. The van der Waals surface area contributed by atoms with Gasteiger partial charge in [-0.3, -0.25) is 0 Å². The Morgan fingerprint density at radius 3 is 2.38 bits per heavy atom. The molecule has 1 aliphatic rings. The normalized spacial score (nSPS) is 13.7. The maximum Gasteiger partial charge on any atom is 0.162 e. The molecule has 0 N–H and O–H groups in total. The van der Waals surface area contributed by atoms with Crippen molar-refractivity contribution >= 4 is 26.5 Å². The molecule has 0 radical (unpaired) electrons. The predicted octanol–water partition coefficient (Wildman–Crippen LogP) is 4.01. The fourth-order valence-electron chi connectivity index (χ4n) is 2.61. The van der Waals surface area contributed by atoms with Gasteiger partial charge in [0, 0.05) is 6.07 Å². The number of benzene rings is 3. The molecule has 0 saturated heterocycles. The molecule has 1 heterocycles. The predicted molar refractivity (Wildman–Crippen MR) is 91.6 cm³/mol. The minimum Gasteiger partial charge on any atom is -0.573 e. The summed E-state index contributed by atoms with van der Waals surface area (Å²) < 4.78 is 39.9. The summed E-state index contributed by atoms with van der Waals surface area (Å²) in [6, 6.07) is 17.6. The van der Waals surface area contributed by atoms with Crippen LogP contribution in [0.2, 0.25) is 0 Å². The van der Waals surface area contributed by atoms with Gasteiger partial charge in [-0.15, -0.1) is 5.69 Å². The van der Waals surface area contributed by atoms with Gasteiger partial charge in [0.05, 0.1) is 4.90 Å². The Kier molecular flexibility index (Phi) is 3.54. The molecule has 5 nitrogen and oxygen atoms in total. The highest BCUT2D eigenvalue weighted by Gasteiger charge is 2.15. The van der Waals surface area contributed by atoms with Crippen LogP contribution in [0.15, 0.2) is 65.6 Å². The maximum atomic E-state index is 12.6. The Balaban J connectivity index is 1.66. The lowest BCUT2D eigenvalue weighted by Gasteiger charge is -2.24. The lowest BCUT2D eigenvalue weighted by Crippen LogP contribution is -2.15. The van der Waals surface area contributed by atoms with Gasteiger partial charge in [0.25, 0.3) is 0 Å². The highest BCUT2D eigenvalue weighted by molar-refractivity contribution is 7.94. The molecule has 0 spiro atoms. The zero-order chi connectivity index (χ0) is 16.6. The summed E-state index contributed by atoms with van der Waals surface area (Å²) >= 11 is 0. The van der Waals surface area contributed by atoms with Gasteiger partial charge in [0.15, 0.2) is 11.5 Å². The van der Waals surface area contributed by atoms with E-state index in [2.05, 4.69) is 4.72 Å². The molecule has 3 aromatic rings. The van der Waals surface area contributed by atoms with E-state index in [9.17, 15) is 8.42 Å². The molecule has 0 fully saturated rings. The first-order valence-electron chi connectivity index (χ1n) is 7.48. The van der Waals surface area contributed by atoms with Gasteiger partial charge in [0.2, 0.25) is 0 Å². The van der Waals surface area contributed by atoms with Gasteiger partial charge >= 0.3 is 0 Å². The third-order valence-corrected chi connectivity index (χ3v) is 5.07. The quantitative estimate of drug-likeness (QED) is 0.722. The highest BCUT2D eigenvalue weighted by Crippen LogP contribution is 2.36. The highest BCUT2D eigenvalue weighted by atomic mass is 32.2. The Bertz CT molecular complexity index is 1010. The smallest absolute Gasteiger partial charge is 0.162 e. The van der Waals surface area contributed by atoms with E-state index in [0.717, 1.165) is 10.8 Å². The van der Waals surface area contributed by atoms with Gasteiger partial charge in [0.1, 0.15) is 23.2 Å². The molecule has 0 saturated carbocycles. The molecule has 0 aliphatic carbocycles. The molecule has 0 atom stereocenters. The SMILES string of the molecule is O=S(=O)([N-]c1ccc2ccccc2c1)c1ccc2c(c1)OCCO2. The Hall–Kier alpha value is -2.73. The van der Waals surface area contributed by atoms with Crippen LogP contribution in [0.3, 0.4) is 0 Å². The van der Waals surface area contributed by atoms with E-state index in [4.69, 9.17) is 9.47 Å². The van der Waals surface area contributed by atoms with Crippen molar-refractivity contribution in [2.75, 3.05) is 13.2 Å². The summed E-state index contributed by atoms with van der Waals surface area (Å²) in [5.74, 6) is 0.974. The lowest BCUT2D eigenvalue weighted by molar-refractivity contribution is 0.171. The maximum absolute atomic E-state index is 12.6. The number of fused-ring (bicyclic) bond motifs is 2. The minimum absolute atomic E-state index is 0.0832. The topological polar surface area (TPSA) is 66.7 Å². The molecule has 1 aliphatic heterocycles. The van der Waals surface area contributed by atoms with Gasteiger partial charge in [-0.1, -0.05) is 42.5 Å². The molecule has 0 amide bonds. The number of nitrogens with zero attached hydrogens (tertiary/aromatic N) is 1. The van der Waals surface area contributed by atoms with Crippen molar-refractivity contribution in [3.05, 3.63) is 65.4 Å². The van der Waals surface area contributed by atoms with Crippen LogP contribution in [0.4, 0.5) is 5.69 Å². The van der Waals surface area contributed by atoms with Crippen molar-refractivity contribution in [1.82, 2.24) is 0 Å². The van der Waals surface area contributed by atoms with E-state index < -0.39 is 10.0 Å². The molecular formula is C18H14NO4S-. The van der Waals surface area contributed by atoms with Gasteiger partial charge in [-0.2, -0.15) is 0 Å². The zero-order valence-corrected chi connectivity index (χ0v) is 13.5. The number of hydrogen-bond donors (Lipinski definition) is 0. The van der Waals surface area contributed by atoms with Crippen molar-refractivity contribution in [2.24, 2.45) is 0 Å². The van der Waals surface area contributed by atoms with Crippen LogP contribution >= 0.6 is 0 Å². The second-order valence-corrected chi connectivity index (χ2v) is 7.01. The first-order chi connectivity index (χ1) is 11.6. The second-order valence-electron chi connectivity index (χ2n) is 5.40. The first-order valence-corrected chi connectivity index (χ1v) is 8.92.